The molecule has 0 spiro atoms. The molecule has 3 aromatic rings. The van der Waals surface area contributed by atoms with Crippen LogP contribution in [0.2, 0.25) is 0 Å². The van der Waals surface area contributed by atoms with Crippen molar-refractivity contribution in [2.45, 2.75) is 37.9 Å². The Hall–Kier alpha value is -4.36. The topological polar surface area (TPSA) is 77.1 Å². The summed E-state index contributed by atoms with van der Waals surface area (Å²) < 4.78 is 175. The number of carbonyl (C=O) groups excluding carboxylic acids is 2. The number of rotatable bonds is 8. The molecule has 1 heterocycles. The van der Waals surface area contributed by atoms with Crippen molar-refractivity contribution in [3.05, 3.63) is 75.5 Å². The maximum Gasteiger partial charge on any atom is 0.586 e. The Labute approximate surface area is 263 Å². The van der Waals surface area contributed by atoms with Crippen LogP contribution in [-0.4, -0.2) is 43.6 Å². The molecule has 0 unspecified atom stereocenters. The lowest BCUT2D eigenvalue weighted by Crippen LogP contribution is -2.50. The van der Waals surface area contributed by atoms with Crippen LogP contribution in [0.25, 0.3) is 0 Å². The molecular formula is C27H15BrF12N2O5. The molecule has 0 fully saturated rings. The lowest BCUT2D eigenvalue weighted by atomic mass is 9.93. The summed E-state index contributed by atoms with van der Waals surface area (Å²) >= 11 is 2.50. The average Bonchev–Trinajstić information content (AvgIpc) is 3.26. The molecule has 0 aromatic heterocycles. The quantitative estimate of drug-likeness (QED) is 0.233. The van der Waals surface area contributed by atoms with Crippen molar-refractivity contribution in [1.29, 1.82) is 0 Å². The van der Waals surface area contributed by atoms with Crippen molar-refractivity contribution in [3.8, 4) is 17.2 Å². The van der Waals surface area contributed by atoms with Gasteiger partial charge in [0, 0.05) is 22.1 Å². The predicted octanol–water partition coefficient (Wildman–Crippen LogP) is 8.72. The van der Waals surface area contributed by atoms with Crippen LogP contribution in [0.1, 0.15) is 33.2 Å². The standard InChI is InChI=1S/C27H15BrF12N2O5/c1-2-42(22(44)11-6-7-16-17(8-11)47-27(39,40)46-16)15-5-3-4-13(19(15)29)21(43)41-20-14(28)9-12(10-18(20)45-23(30)31)24(32,25(33,34)35)26(36,37)38/h3-10,23H,2H2,1H3,(H,41,43). The maximum absolute atomic E-state index is 15.7. The third kappa shape index (κ3) is 6.72. The Morgan fingerprint density at radius 1 is 0.957 bits per heavy atom. The van der Waals surface area contributed by atoms with Crippen LogP contribution in [-0.2, 0) is 5.67 Å². The lowest BCUT2D eigenvalue weighted by Gasteiger charge is -2.31. The molecule has 20 heteroatoms. The Bertz CT molecular complexity index is 1700. The molecule has 0 aliphatic carbocycles. The van der Waals surface area contributed by atoms with Crippen LogP contribution in [0.5, 0.6) is 17.2 Å². The molecule has 0 radical (unpaired) electrons. The third-order valence-electron chi connectivity index (χ3n) is 6.41. The molecule has 254 valence electrons. The summed E-state index contributed by atoms with van der Waals surface area (Å²) in [4.78, 5) is 27.0. The summed E-state index contributed by atoms with van der Waals surface area (Å²) in [6, 6.07) is 5.33. The molecule has 4 rings (SSSR count). The van der Waals surface area contributed by atoms with Gasteiger partial charge >= 0.3 is 30.9 Å². The molecule has 0 saturated heterocycles. The van der Waals surface area contributed by atoms with Gasteiger partial charge in [0.15, 0.2) is 23.1 Å². The van der Waals surface area contributed by atoms with Crippen LogP contribution in [0.3, 0.4) is 0 Å². The number of benzene rings is 3. The number of hydrogen-bond acceptors (Lipinski definition) is 5. The molecule has 1 aliphatic rings. The molecule has 2 amide bonds. The fourth-order valence-corrected chi connectivity index (χ4v) is 4.87. The summed E-state index contributed by atoms with van der Waals surface area (Å²) in [5.74, 6) is -6.44. The van der Waals surface area contributed by atoms with Crippen molar-refractivity contribution in [3.63, 3.8) is 0 Å². The minimum atomic E-state index is -6.63. The Kier molecular flexibility index (Phi) is 9.32. The summed E-state index contributed by atoms with van der Waals surface area (Å²) in [5, 5.41) is 1.80. The SMILES string of the molecule is CCN(C(=O)c1ccc2c(c1)OC(F)(F)O2)c1cccc(C(=O)Nc2c(Br)cc(C(F)(C(F)(F)F)C(F)(F)F)cc2OC(F)F)c1F. The van der Waals surface area contributed by atoms with E-state index < -0.39 is 92.8 Å². The number of anilines is 2. The highest BCUT2D eigenvalue weighted by Gasteiger charge is 2.73. The van der Waals surface area contributed by atoms with Gasteiger partial charge in [0.25, 0.3) is 11.8 Å². The van der Waals surface area contributed by atoms with E-state index in [2.05, 4.69) is 30.1 Å². The smallest absolute Gasteiger partial charge is 0.433 e. The molecule has 0 atom stereocenters. The number of alkyl halides is 11. The van der Waals surface area contributed by atoms with E-state index in [-0.39, 0.29) is 24.2 Å². The number of nitrogens with one attached hydrogen (secondary N) is 1. The van der Waals surface area contributed by atoms with E-state index in [0.29, 0.717) is 0 Å². The van der Waals surface area contributed by atoms with E-state index in [1.54, 1.807) is 5.32 Å². The van der Waals surface area contributed by atoms with Gasteiger partial charge in [-0.15, -0.1) is 8.78 Å². The van der Waals surface area contributed by atoms with Crippen molar-refractivity contribution in [2.75, 3.05) is 16.8 Å². The van der Waals surface area contributed by atoms with Gasteiger partial charge in [-0.05, 0) is 65.3 Å². The fraction of sp³-hybridized carbons (Fsp3) is 0.259. The predicted molar refractivity (Wildman–Crippen MR) is 140 cm³/mol. The molecule has 3 aromatic carbocycles. The van der Waals surface area contributed by atoms with Crippen LogP contribution in [0.4, 0.5) is 64.1 Å². The first kappa shape index (κ1) is 35.5. The van der Waals surface area contributed by atoms with Crippen molar-refractivity contribution in [2.24, 2.45) is 0 Å². The minimum absolute atomic E-state index is 0.0968. The van der Waals surface area contributed by atoms with E-state index >= 15 is 4.39 Å². The highest BCUT2D eigenvalue weighted by Crippen LogP contribution is 2.55. The third-order valence-corrected chi connectivity index (χ3v) is 7.04. The highest BCUT2D eigenvalue weighted by atomic mass is 79.9. The monoisotopic (exact) mass is 754 g/mol. The lowest BCUT2D eigenvalue weighted by molar-refractivity contribution is -0.348. The number of carbonyl (C=O) groups is 2. The van der Waals surface area contributed by atoms with Crippen LogP contribution < -0.4 is 24.4 Å². The molecule has 47 heavy (non-hydrogen) atoms. The molecule has 1 aliphatic heterocycles. The number of amides is 2. The van der Waals surface area contributed by atoms with Crippen molar-refractivity contribution < 1.29 is 76.5 Å². The van der Waals surface area contributed by atoms with Gasteiger partial charge in [-0.25, -0.2) is 8.78 Å². The van der Waals surface area contributed by atoms with E-state index in [1.165, 1.54) is 6.92 Å². The Morgan fingerprint density at radius 3 is 2.15 bits per heavy atom. The summed E-state index contributed by atoms with van der Waals surface area (Å²) in [6.07, 6.45) is -17.3. The van der Waals surface area contributed by atoms with Crippen LogP contribution >= 0.6 is 15.9 Å². The second kappa shape index (κ2) is 12.3. The number of halogens is 13. The van der Waals surface area contributed by atoms with E-state index in [9.17, 15) is 57.9 Å². The largest absolute Gasteiger partial charge is 0.586 e. The van der Waals surface area contributed by atoms with Gasteiger partial charge in [-0.2, -0.15) is 35.1 Å². The van der Waals surface area contributed by atoms with E-state index in [0.717, 1.165) is 41.3 Å². The van der Waals surface area contributed by atoms with Gasteiger partial charge in [0.2, 0.25) is 0 Å². The van der Waals surface area contributed by atoms with Crippen LogP contribution in [0, 0.1) is 5.82 Å². The number of fused-ring (bicyclic) bond motifs is 1. The first-order valence-corrected chi connectivity index (χ1v) is 13.3. The molecule has 7 nitrogen and oxygen atoms in total. The maximum atomic E-state index is 15.7. The minimum Gasteiger partial charge on any atom is -0.433 e. The Balaban J connectivity index is 1.71. The average molecular weight is 755 g/mol. The highest BCUT2D eigenvalue weighted by molar-refractivity contribution is 9.10. The summed E-state index contributed by atoms with van der Waals surface area (Å²) in [6.45, 7) is -2.83. The molecular weight excluding hydrogens is 740 g/mol. The number of ether oxygens (including phenoxy) is 3. The fourth-order valence-electron chi connectivity index (χ4n) is 4.32. The van der Waals surface area contributed by atoms with Gasteiger partial charge in [-0.3, -0.25) is 9.59 Å². The van der Waals surface area contributed by atoms with E-state index in [4.69, 9.17) is 0 Å². The zero-order chi connectivity index (χ0) is 35.3. The Morgan fingerprint density at radius 2 is 1.57 bits per heavy atom. The molecule has 0 saturated carbocycles. The normalized spacial score (nSPS) is 14.3. The van der Waals surface area contributed by atoms with E-state index in [1.807, 2.05) is 0 Å². The zero-order valence-electron chi connectivity index (χ0n) is 22.8. The molecule has 1 N–H and O–H groups in total. The van der Waals surface area contributed by atoms with Gasteiger partial charge in [0.05, 0.1) is 16.9 Å². The second-order valence-corrected chi connectivity index (χ2v) is 10.2. The first-order valence-electron chi connectivity index (χ1n) is 12.5. The van der Waals surface area contributed by atoms with Crippen LogP contribution in [0.15, 0.2) is 53.0 Å². The van der Waals surface area contributed by atoms with Gasteiger partial charge in [-0.1, -0.05) is 6.07 Å². The summed E-state index contributed by atoms with van der Waals surface area (Å²) in [7, 11) is 0. The van der Waals surface area contributed by atoms with Crippen molar-refractivity contribution >= 4 is 39.1 Å². The summed E-state index contributed by atoms with van der Waals surface area (Å²) in [5.41, 5.74) is -11.2. The first-order chi connectivity index (χ1) is 21.6. The zero-order valence-corrected chi connectivity index (χ0v) is 24.4. The number of hydrogen-bond donors (Lipinski definition) is 1. The second-order valence-electron chi connectivity index (χ2n) is 9.33. The van der Waals surface area contributed by atoms with Gasteiger partial charge in [0.1, 0.15) is 0 Å². The van der Waals surface area contributed by atoms with Gasteiger partial charge < -0.3 is 24.4 Å². The van der Waals surface area contributed by atoms with Crippen molar-refractivity contribution in [1.82, 2.24) is 0 Å². The molecule has 0 bridgehead atoms. The number of nitrogens with zero attached hydrogens (tertiary/aromatic N) is 1.